The minimum Gasteiger partial charge on any atom is -0.478 e. The maximum atomic E-state index is 11.2. The van der Waals surface area contributed by atoms with Crippen LogP contribution in [0.2, 0.25) is 0 Å². The van der Waals surface area contributed by atoms with Gasteiger partial charge in [0.1, 0.15) is 0 Å². The van der Waals surface area contributed by atoms with Crippen LogP contribution in [0.3, 0.4) is 0 Å². The smallest absolute Gasteiger partial charge is 0.338 e. The molecule has 106 valence electrons. The number of nitrogens with one attached hydrogen (secondary N) is 1. The SMILES string of the molecule is CCN(CC)CCCNc1cccc(Br)c1C(=O)O. The monoisotopic (exact) mass is 328 g/mol. The van der Waals surface area contributed by atoms with Gasteiger partial charge in [0.25, 0.3) is 0 Å². The molecule has 19 heavy (non-hydrogen) atoms. The highest BCUT2D eigenvalue weighted by Crippen LogP contribution is 2.24. The van der Waals surface area contributed by atoms with Crippen LogP contribution >= 0.6 is 15.9 Å². The van der Waals surface area contributed by atoms with Gasteiger partial charge in [0.05, 0.1) is 5.56 Å². The summed E-state index contributed by atoms with van der Waals surface area (Å²) in [5, 5.41) is 12.4. The number of carboxylic acid groups (broad SMARTS) is 1. The first-order chi connectivity index (χ1) is 9.10. The summed E-state index contributed by atoms with van der Waals surface area (Å²) in [5.41, 5.74) is 0.965. The van der Waals surface area contributed by atoms with Crippen molar-refractivity contribution >= 4 is 27.6 Å². The fraction of sp³-hybridized carbons (Fsp3) is 0.500. The second-order valence-electron chi connectivity index (χ2n) is 4.27. The van der Waals surface area contributed by atoms with Gasteiger partial charge in [0.2, 0.25) is 0 Å². The quantitative estimate of drug-likeness (QED) is 0.719. The van der Waals surface area contributed by atoms with E-state index >= 15 is 0 Å². The third-order valence-electron chi connectivity index (χ3n) is 3.09. The molecule has 1 aromatic carbocycles. The zero-order chi connectivity index (χ0) is 14.3. The lowest BCUT2D eigenvalue weighted by Crippen LogP contribution is -2.25. The molecular formula is C14H21BrN2O2. The minimum atomic E-state index is -0.918. The number of rotatable bonds is 8. The molecule has 0 aliphatic rings. The molecule has 0 atom stereocenters. The number of halogens is 1. The van der Waals surface area contributed by atoms with Crippen LogP contribution in [0.5, 0.6) is 0 Å². The van der Waals surface area contributed by atoms with Gasteiger partial charge in [-0.3, -0.25) is 0 Å². The van der Waals surface area contributed by atoms with Gasteiger partial charge >= 0.3 is 5.97 Å². The van der Waals surface area contributed by atoms with Crippen molar-refractivity contribution in [3.05, 3.63) is 28.2 Å². The first-order valence-electron chi connectivity index (χ1n) is 6.58. The van der Waals surface area contributed by atoms with Crippen molar-refractivity contribution in [1.29, 1.82) is 0 Å². The van der Waals surface area contributed by atoms with Crippen molar-refractivity contribution in [2.45, 2.75) is 20.3 Å². The van der Waals surface area contributed by atoms with Crippen LogP contribution in [0.15, 0.2) is 22.7 Å². The number of hydrogen-bond donors (Lipinski definition) is 2. The minimum absolute atomic E-state index is 0.297. The average molecular weight is 329 g/mol. The molecule has 4 nitrogen and oxygen atoms in total. The number of carbonyl (C=O) groups is 1. The molecule has 0 spiro atoms. The third-order valence-corrected chi connectivity index (χ3v) is 3.75. The molecule has 0 saturated carbocycles. The molecule has 0 aromatic heterocycles. The Balaban J connectivity index is 2.54. The van der Waals surface area contributed by atoms with Crippen molar-refractivity contribution in [2.24, 2.45) is 0 Å². The van der Waals surface area contributed by atoms with Crippen LogP contribution in [0.4, 0.5) is 5.69 Å². The van der Waals surface area contributed by atoms with Gasteiger partial charge in [-0.15, -0.1) is 0 Å². The number of aromatic carboxylic acids is 1. The standard InChI is InChI=1S/C14H21BrN2O2/c1-3-17(4-2)10-6-9-16-12-8-5-7-11(15)13(12)14(18)19/h5,7-8,16H,3-4,6,9-10H2,1-2H3,(H,18,19). The van der Waals surface area contributed by atoms with Crippen LogP contribution < -0.4 is 5.32 Å². The first-order valence-corrected chi connectivity index (χ1v) is 7.37. The molecule has 0 unspecified atom stereocenters. The van der Waals surface area contributed by atoms with E-state index < -0.39 is 5.97 Å². The average Bonchev–Trinajstić information content (AvgIpc) is 2.38. The second kappa shape index (κ2) is 8.17. The summed E-state index contributed by atoms with van der Waals surface area (Å²) in [7, 11) is 0. The number of hydrogen-bond acceptors (Lipinski definition) is 3. The lowest BCUT2D eigenvalue weighted by Gasteiger charge is -2.18. The Hall–Kier alpha value is -1.07. The molecule has 1 rings (SSSR count). The van der Waals surface area contributed by atoms with E-state index in [4.69, 9.17) is 0 Å². The molecule has 0 fully saturated rings. The highest BCUT2D eigenvalue weighted by atomic mass is 79.9. The van der Waals surface area contributed by atoms with E-state index in [0.717, 1.165) is 32.6 Å². The highest BCUT2D eigenvalue weighted by Gasteiger charge is 2.13. The summed E-state index contributed by atoms with van der Waals surface area (Å²) in [4.78, 5) is 13.5. The van der Waals surface area contributed by atoms with E-state index in [9.17, 15) is 9.90 Å². The highest BCUT2D eigenvalue weighted by molar-refractivity contribution is 9.10. The van der Waals surface area contributed by atoms with Crippen molar-refractivity contribution in [2.75, 3.05) is 31.5 Å². The molecule has 2 N–H and O–H groups in total. The van der Waals surface area contributed by atoms with Gasteiger partial charge < -0.3 is 15.3 Å². The lowest BCUT2D eigenvalue weighted by molar-refractivity contribution is 0.0697. The van der Waals surface area contributed by atoms with E-state index in [1.165, 1.54) is 0 Å². The number of anilines is 1. The van der Waals surface area contributed by atoms with Crippen molar-refractivity contribution in [1.82, 2.24) is 4.90 Å². The second-order valence-corrected chi connectivity index (χ2v) is 5.13. The van der Waals surface area contributed by atoms with Gasteiger partial charge in [0.15, 0.2) is 0 Å². The molecule has 0 bridgehead atoms. The van der Waals surface area contributed by atoms with Crippen LogP contribution in [0, 0.1) is 0 Å². The first kappa shape index (κ1) is 16.0. The van der Waals surface area contributed by atoms with E-state index in [1.807, 2.05) is 6.07 Å². The molecule has 0 aliphatic heterocycles. The van der Waals surface area contributed by atoms with Crippen molar-refractivity contribution < 1.29 is 9.90 Å². The van der Waals surface area contributed by atoms with E-state index in [-0.39, 0.29) is 0 Å². The van der Waals surface area contributed by atoms with Crippen molar-refractivity contribution in [3.8, 4) is 0 Å². The van der Waals surface area contributed by atoms with E-state index in [0.29, 0.717) is 15.7 Å². The Morgan fingerprint density at radius 3 is 2.63 bits per heavy atom. The summed E-state index contributed by atoms with van der Waals surface area (Å²) in [6, 6.07) is 5.37. The van der Waals surface area contributed by atoms with Gasteiger partial charge in [-0.25, -0.2) is 4.79 Å². The predicted octanol–water partition coefficient (Wildman–Crippen LogP) is 3.29. The summed E-state index contributed by atoms with van der Waals surface area (Å²) in [5.74, 6) is -0.918. The topological polar surface area (TPSA) is 52.6 Å². The van der Waals surface area contributed by atoms with E-state index in [2.05, 4.69) is 40.0 Å². The summed E-state index contributed by atoms with van der Waals surface area (Å²) >= 11 is 3.27. The fourth-order valence-electron chi connectivity index (χ4n) is 1.95. The Kier molecular flexibility index (Phi) is 6.87. The Labute approximate surface area is 122 Å². The number of carboxylic acids is 1. The molecule has 1 aromatic rings. The van der Waals surface area contributed by atoms with Crippen LogP contribution in [-0.2, 0) is 0 Å². The molecular weight excluding hydrogens is 308 g/mol. The van der Waals surface area contributed by atoms with Gasteiger partial charge in [-0.1, -0.05) is 19.9 Å². The summed E-state index contributed by atoms with van der Waals surface area (Å²) in [6.45, 7) is 8.19. The zero-order valence-electron chi connectivity index (χ0n) is 11.4. The maximum absolute atomic E-state index is 11.2. The fourth-order valence-corrected chi connectivity index (χ4v) is 2.49. The van der Waals surface area contributed by atoms with Crippen molar-refractivity contribution in [3.63, 3.8) is 0 Å². The molecule has 0 heterocycles. The molecule has 0 saturated heterocycles. The molecule has 0 radical (unpaired) electrons. The normalized spacial score (nSPS) is 10.7. The number of benzene rings is 1. The predicted molar refractivity (Wildman–Crippen MR) is 82.0 cm³/mol. The Morgan fingerprint density at radius 1 is 1.37 bits per heavy atom. The molecule has 5 heteroatoms. The largest absolute Gasteiger partial charge is 0.478 e. The van der Waals surface area contributed by atoms with Crippen LogP contribution in [0.1, 0.15) is 30.6 Å². The van der Waals surface area contributed by atoms with E-state index in [1.54, 1.807) is 12.1 Å². The molecule has 0 amide bonds. The third kappa shape index (κ3) is 4.84. The van der Waals surface area contributed by atoms with Crippen LogP contribution in [0.25, 0.3) is 0 Å². The zero-order valence-corrected chi connectivity index (χ0v) is 13.0. The Bertz CT molecular complexity index is 420. The molecule has 0 aliphatic carbocycles. The number of nitrogens with zero attached hydrogens (tertiary/aromatic N) is 1. The lowest BCUT2D eigenvalue weighted by atomic mass is 10.2. The Morgan fingerprint density at radius 2 is 2.05 bits per heavy atom. The van der Waals surface area contributed by atoms with Crippen LogP contribution in [-0.4, -0.2) is 42.2 Å². The summed E-state index contributed by atoms with van der Waals surface area (Å²) in [6.07, 6.45) is 0.993. The van der Waals surface area contributed by atoms with Gasteiger partial charge in [0, 0.05) is 16.7 Å². The van der Waals surface area contributed by atoms with Gasteiger partial charge in [-0.05, 0) is 54.1 Å². The maximum Gasteiger partial charge on any atom is 0.338 e. The summed E-state index contributed by atoms with van der Waals surface area (Å²) < 4.78 is 0.605. The van der Waals surface area contributed by atoms with Gasteiger partial charge in [-0.2, -0.15) is 0 Å².